The summed E-state index contributed by atoms with van der Waals surface area (Å²) < 4.78 is 5.45. The Balaban J connectivity index is 1.59. The Morgan fingerprint density at radius 3 is 2.53 bits per heavy atom. The van der Waals surface area contributed by atoms with E-state index in [0.717, 1.165) is 6.42 Å². The first kappa shape index (κ1) is 19.8. The normalized spacial score (nSPS) is 13.4. The molecule has 6 nitrogen and oxygen atoms in total. The lowest BCUT2D eigenvalue weighted by Gasteiger charge is -2.20. The quantitative estimate of drug-likeness (QED) is 0.601. The number of hydrogen-bond donors (Lipinski definition) is 1. The molecule has 2 aromatic carbocycles. The molecule has 152 valence electrons. The zero-order chi connectivity index (χ0) is 21.1. The molecule has 0 bridgehead atoms. The maximum atomic E-state index is 12.9. The molecule has 3 aromatic rings. The molecule has 1 saturated heterocycles. The minimum absolute atomic E-state index is 0.0612. The summed E-state index contributed by atoms with van der Waals surface area (Å²) in [5.41, 5.74) is 1.86. The fourth-order valence-corrected chi connectivity index (χ4v) is 4.18. The highest BCUT2D eigenvalue weighted by Gasteiger charge is 2.25. The Bertz CT molecular complexity index is 1110. The summed E-state index contributed by atoms with van der Waals surface area (Å²) in [6, 6.07) is 15.5. The van der Waals surface area contributed by atoms with E-state index in [-0.39, 0.29) is 17.6 Å². The van der Waals surface area contributed by atoms with E-state index in [1.165, 1.54) is 18.4 Å². The summed E-state index contributed by atoms with van der Waals surface area (Å²) >= 11 is 1.34. The van der Waals surface area contributed by atoms with Crippen molar-refractivity contribution in [3.05, 3.63) is 76.0 Å². The minimum Gasteiger partial charge on any atom is -0.494 e. The smallest absolute Gasteiger partial charge is 0.256 e. The average molecular weight is 420 g/mol. The second kappa shape index (κ2) is 8.51. The molecular formula is C23H20N2O4S. The van der Waals surface area contributed by atoms with Crippen molar-refractivity contribution >= 4 is 40.3 Å². The summed E-state index contributed by atoms with van der Waals surface area (Å²) in [4.78, 5) is 40.1. The van der Waals surface area contributed by atoms with Crippen molar-refractivity contribution in [3.63, 3.8) is 0 Å². The van der Waals surface area contributed by atoms with Crippen LogP contribution in [0.25, 0.3) is 0 Å². The maximum Gasteiger partial charge on any atom is 0.256 e. The fourth-order valence-electron chi connectivity index (χ4n) is 3.50. The molecule has 30 heavy (non-hydrogen) atoms. The van der Waals surface area contributed by atoms with Crippen molar-refractivity contribution in [1.29, 1.82) is 0 Å². The SMILES string of the molecule is COc1cc(NC(=O)c2ccccc2C(=O)c2cccs2)ccc1N1CCCC1=O. The number of methoxy groups -OCH3 is 1. The van der Waals surface area contributed by atoms with E-state index in [1.807, 2.05) is 5.38 Å². The van der Waals surface area contributed by atoms with Gasteiger partial charge in [-0.1, -0.05) is 24.3 Å². The number of rotatable bonds is 6. The summed E-state index contributed by atoms with van der Waals surface area (Å²) in [6.07, 6.45) is 1.34. The summed E-state index contributed by atoms with van der Waals surface area (Å²) in [5.74, 6) is -0.00381. The first-order valence-electron chi connectivity index (χ1n) is 9.55. The van der Waals surface area contributed by atoms with Crippen LogP contribution in [0.5, 0.6) is 5.75 Å². The van der Waals surface area contributed by atoms with Gasteiger partial charge in [0.25, 0.3) is 5.91 Å². The number of thiophene rings is 1. The number of amides is 2. The van der Waals surface area contributed by atoms with Crippen LogP contribution in [0.1, 0.15) is 38.4 Å². The molecule has 0 saturated carbocycles. The van der Waals surface area contributed by atoms with Crippen molar-refractivity contribution < 1.29 is 19.1 Å². The van der Waals surface area contributed by atoms with E-state index in [9.17, 15) is 14.4 Å². The van der Waals surface area contributed by atoms with Crippen LogP contribution in [0.15, 0.2) is 60.0 Å². The van der Waals surface area contributed by atoms with E-state index in [1.54, 1.807) is 59.5 Å². The molecule has 7 heteroatoms. The highest BCUT2D eigenvalue weighted by molar-refractivity contribution is 7.12. The average Bonchev–Trinajstić information content (AvgIpc) is 3.45. The van der Waals surface area contributed by atoms with E-state index in [0.29, 0.717) is 46.1 Å². The van der Waals surface area contributed by atoms with Crippen LogP contribution in [0.4, 0.5) is 11.4 Å². The molecule has 1 fully saturated rings. The molecular weight excluding hydrogens is 400 g/mol. The Hall–Kier alpha value is -3.45. The number of benzene rings is 2. The lowest BCUT2D eigenvalue weighted by molar-refractivity contribution is -0.117. The van der Waals surface area contributed by atoms with Gasteiger partial charge in [0.1, 0.15) is 5.75 Å². The van der Waals surface area contributed by atoms with Gasteiger partial charge in [-0.2, -0.15) is 0 Å². The fraction of sp³-hybridized carbons (Fsp3) is 0.174. The zero-order valence-corrected chi connectivity index (χ0v) is 17.2. The third kappa shape index (κ3) is 3.84. The van der Waals surface area contributed by atoms with E-state index in [2.05, 4.69) is 5.32 Å². The highest BCUT2D eigenvalue weighted by atomic mass is 32.1. The predicted molar refractivity (Wildman–Crippen MR) is 117 cm³/mol. The molecule has 1 aromatic heterocycles. The molecule has 1 aliphatic heterocycles. The van der Waals surface area contributed by atoms with Gasteiger partial charge in [0, 0.05) is 30.3 Å². The van der Waals surface area contributed by atoms with Crippen LogP contribution in [0.2, 0.25) is 0 Å². The van der Waals surface area contributed by atoms with Gasteiger partial charge in [0.15, 0.2) is 0 Å². The molecule has 0 radical (unpaired) electrons. The van der Waals surface area contributed by atoms with Gasteiger partial charge in [0.2, 0.25) is 11.7 Å². The Kier molecular flexibility index (Phi) is 5.63. The van der Waals surface area contributed by atoms with Crippen molar-refractivity contribution in [2.24, 2.45) is 0 Å². The van der Waals surface area contributed by atoms with Gasteiger partial charge in [-0.05, 0) is 36.1 Å². The van der Waals surface area contributed by atoms with E-state index >= 15 is 0 Å². The van der Waals surface area contributed by atoms with Crippen LogP contribution in [-0.2, 0) is 4.79 Å². The van der Waals surface area contributed by atoms with E-state index in [4.69, 9.17) is 4.74 Å². The second-order valence-electron chi connectivity index (χ2n) is 6.84. The Morgan fingerprint density at radius 1 is 1.07 bits per heavy atom. The van der Waals surface area contributed by atoms with Crippen molar-refractivity contribution in [3.8, 4) is 5.75 Å². The number of ketones is 1. The number of nitrogens with zero attached hydrogens (tertiary/aromatic N) is 1. The monoisotopic (exact) mass is 420 g/mol. The lowest BCUT2D eigenvalue weighted by atomic mass is 10.0. The van der Waals surface area contributed by atoms with E-state index < -0.39 is 0 Å². The molecule has 0 atom stereocenters. The maximum absolute atomic E-state index is 12.9. The van der Waals surface area contributed by atoms with Crippen molar-refractivity contribution in [2.45, 2.75) is 12.8 Å². The van der Waals surface area contributed by atoms with Gasteiger partial charge in [-0.25, -0.2) is 0 Å². The van der Waals surface area contributed by atoms with Gasteiger partial charge in [0.05, 0.1) is 23.2 Å². The molecule has 1 aliphatic rings. The van der Waals surface area contributed by atoms with Crippen LogP contribution in [-0.4, -0.2) is 31.3 Å². The van der Waals surface area contributed by atoms with Crippen molar-refractivity contribution in [2.75, 3.05) is 23.9 Å². The Morgan fingerprint density at radius 2 is 1.87 bits per heavy atom. The van der Waals surface area contributed by atoms with Crippen molar-refractivity contribution in [1.82, 2.24) is 0 Å². The molecule has 1 N–H and O–H groups in total. The molecule has 0 unspecified atom stereocenters. The standard InChI is InChI=1S/C23H20N2O4S/c1-29-19-14-15(10-11-18(19)25-12-4-9-21(25)26)24-23(28)17-7-3-2-6-16(17)22(27)20-8-5-13-30-20/h2-3,5-8,10-11,13-14H,4,9,12H2,1H3,(H,24,28). The largest absolute Gasteiger partial charge is 0.494 e. The zero-order valence-electron chi connectivity index (χ0n) is 16.4. The number of hydrogen-bond acceptors (Lipinski definition) is 5. The van der Waals surface area contributed by atoms with Gasteiger partial charge >= 0.3 is 0 Å². The summed E-state index contributed by atoms with van der Waals surface area (Å²) in [5, 5.41) is 4.66. The molecule has 2 heterocycles. The third-order valence-electron chi connectivity index (χ3n) is 4.96. The minimum atomic E-state index is -0.387. The number of carbonyl (C=O) groups excluding carboxylic acids is 3. The van der Waals surface area contributed by atoms with Crippen LogP contribution < -0.4 is 15.0 Å². The third-order valence-corrected chi connectivity index (χ3v) is 5.83. The summed E-state index contributed by atoms with van der Waals surface area (Å²) in [7, 11) is 1.53. The van der Waals surface area contributed by atoms with Crippen LogP contribution in [0.3, 0.4) is 0 Å². The highest BCUT2D eigenvalue weighted by Crippen LogP contribution is 2.34. The topological polar surface area (TPSA) is 75.7 Å². The first-order chi connectivity index (χ1) is 14.6. The molecule has 0 aliphatic carbocycles. The second-order valence-corrected chi connectivity index (χ2v) is 7.79. The Labute approximate surface area is 178 Å². The number of carbonyl (C=O) groups is 3. The molecule has 0 spiro atoms. The summed E-state index contributed by atoms with van der Waals surface area (Å²) in [6.45, 7) is 0.652. The molecule has 2 amide bonds. The van der Waals surface area contributed by atoms with Gasteiger partial charge in [-0.3, -0.25) is 14.4 Å². The van der Waals surface area contributed by atoms with Gasteiger partial charge in [-0.15, -0.1) is 11.3 Å². The lowest BCUT2D eigenvalue weighted by Crippen LogP contribution is -2.24. The number of anilines is 2. The number of ether oxygens (including phenoxy) is 1. The van der Waals surface area contributed by atoms with Crippen LogP contribution in [0, 0.1) is 0 Å². The number of nitrogens with one attached hydrogen (secondary N) is 1. The molecule has 4 rings (SSSR count). The predicted octanol–water partition coefficient (Wildman–Crippen LogP) is 4.37. The first-order valence-corrected chi connectivity index (χ1v) is 10.4. The van der Waals surface area contributed by atoms with Gasteiger partial charge < -0.3 is 15.0 Å². The van der Waals surface area contributed by atoms with Crippen LogP contribution >= 0.6 is 11.3 Å².